The van der Waals surface area contributed by atoms with Gasteiger partial charge in [0.15, 0.2) is 0 Å². The van der Waals surface area contributed by atoms with Crippen LogP contribution in [0.15, 0.2) is 18.2 Å². The number of nitrogens with one attached hydrogen (secondary N) is 1. The number of hydrogen-bond acceptors (Lipinski definition) is 4. The summed E-state index contributed by atoms with van der Waals surface area (Å²) in [6.07, 6.45) is 0.102. The zero-order valence-corrected chi connectivity index (χ0v) is 12.1. The third-order valence-corrected chi connectivity index (χ3v) is 3.68. The first-order valence-corrected chi connectivity index (χ1v) is 7.02. The van der Waals surface area contributed by atoms with Crippen molar-refractivity contribution in [2.24, 2.45) is 0 Å². The van der Waals surface area contributed by atoms with Crippen molar-refractivity contribution < 1.29 is 14.6 Å². The summed E-state index contributed by atoms with van der Waals surface area (Å²) in [7, 11) is 0. The minimum atomic E-state index is -0.907. The predicted molar refractivity (Wildman–Crippen MR) is 78.5 cm³/mol. The molecule has 20 heavy (non-hydrogen) atoms. The Labute approximate surface area is 119 Å². The van der Waals surface area contributed by atoms with E-state index in [0.717, 1.165) is 31.8 Å². The van der Waals surface area contributed by atoms with Crippen molar-refractivity contribution in [1.29, 1.82) is 0 Å². The molecule has 0 bridgehead atoms. The van der Waals surface area contributed by atoms with Crippen molar-refractivity contribution in [2.75, 3.05) is 38.1 Å². The van der Waals surface area contributed by atoms with Gasteiger partial charge in [0.05, 0.1) is 24.0 Å². The molecular weight excluding hydrogens is 256 g/mol. The fourth-order valence-corrected chi connectivity index (χ4v) is 2.49. The summed E-state index contributed by atoms with van der Waals surface area (Å²) in [6, 6.07) is 5.30. The number of carbonyl (C=O) groups is 1. The Morgan fingerprint density at radius 1 is 1.55 bits per heavy atom. The molecule has 5 nitrogen and oxygen atoms in total. The number of benzene rings is 1. The van der Waals surface area contributed by atoms with E-state index in [2.05, 4.69) is 17.1 Å². The Balaban J connectivity index is 2.02. The average Bonchev–Trinajstić information content (AvgIpc) is 2.45. The van der Waals surface area contributed by atoms with Crippen molar-refractivity contribution in [3.63, 3.8) is 0 Å². The lowest BCUT2D eigenvalue weighted by Gasteiger charge is -2.32. The Kier molecular flexibility index (Phi) is 4.98. The van der Waals surface area contributed by atoms with E-state index in [1.165, 1.54) is 0 Å². The summed E-state index contributed by atoms with van der Waals surface area (Å²) in [5.74, 6) is -0.907. The van der Waals surface area contributed by atoms with Gasteiger partial charge in [-0.15, -0.1) is 0 Å². The van der Waals surface area contributed by atoms with Gasteiger partial charge in [0.1, 0.15) is 0 Å². The molecule has 1 atom stereocenters. The first-order chi connectivity index (χ1) is 9.61. The summed E-state index contributed by atoms with van der Waals surface area (Å²) in [5.41, 5.74) is 1.94. The molecule has 1 aromatic rings. The van der Waals surface area contributed by atoms with Crippen LogP contribution in [-0.4, -0.2) is 54.9 Å². The first-order valence-electron chi connectivity index (χ1n) is 7.02. The number of carboxylic acid groups (broad SMARTS) is 1. The van der Waals surface area contributed by atoms with Crippen molar-refractivity contribution in [1.82, 2.24) is 4.90 Å². The van der Waals surface area contributed by atoms with Crippen LogP contribution in [0.25, 0.3) is 0 Å². The van der Waals surface area contributed by atoms with Crippen LogP contribution in [-0.2, 0) is 4.74 Å². The Morgan fingerprint density at radius 3 is 3.05 bits per heavy atom. The van der Waals surface area contributed by atoms with Crippen LogP contribution < -0.4 is 5.32 Å². The van der Waals surface area contributed by atoms with Crippen LogP contribution in [0.5, 0.6) is 0 Å². The van der Waals surface area contributed by atoms with Crippen molar-refractivity contribution in [2.45, 2.75) is 20.0 Å². The Bertz CT molecular complexity index is 476. The second kappa shape index (κ2) is 6.72. The normalized spacial score (nSPS) is 19.8. The summed E-state index contributed by atoms with van der Waals surface area (Å²) in [4.78, 5) is 13.6. The van der Waals surface area contributed by atoms with Crippen LogP contribution >= 0.6 is 0 Å². The maximum Gasteiger partial charge on any atom is 0.337 e. The van der Waals surface area contributed by atoms with Gasteiger partial charge in [0.2, 0.25) is 0 Å². The van der Waals surface area contributed by atoms with E-state index < -0.39 is 5.97 Å². The number of aromatic carboxylic acids is 1. The number of nitrogens with zero attached hydrogens (tertiary/aromatic N) is 1. The lowest BCUT2D eigenvalue weighted by molar-refractivity contribution is -0.0192. The molecule has 1 fully saturated rings. The molecule has 0 amide bonds. The highest BCUT2D eigenvalue weighted by atomic mass is 16.5. The first kappa shape index (κ1) is 14.8. The quantitative estimate of drug-likeness (QED) is 0.860. The molecule has 1 saturated heterocycles. The summed E-state index contributed by atoms with van der Waals surface area (Å²) in [6.45, 7) is 8.29. The number of para-hydroxylation sites is 1. The molecule has 0 spiro atoms. The van der Waals surface area contributed by atoms with Gasteiger partial charge in [-0.3, -0.25) is 4.90 Å². The second-order valence-electron chi connectivity index (χ2n) is 5.07. The van der Waals surface area contributed by atoms with Crippen molar-refractivity contribution in [3.05, 3.63) is 29.3 Å². The van der Waals surface area contributed by atoms with Crippen LogP contribution in [0.3, 0.4) is 0 Å². The Hall–Kier alpha value is -1.59. The summed E-state index contributed by atoms with van der Waals surface area (Å²) >= 11 is 0. The van der Waals surface area contributed by atoms with E-state index in [1.807, 2.05) is 13.0 Å². The molecule has 1 aliphatic rings. The van der Waals surface area contributed by atoms with Crippen molar-refractivity contribution in [3.8, 4) is 0 Å². The minimum absolute atomic E-state index is 0.102. The van der Waals surface area contributed by atoms with Crippen LogP contribution in [0, 0.1) is 6.92 Å². The highest BCUT2D eigenvalue weighted by Gasteiger charge is 2.20. The number of rotatable bonds is 5. The fraction of sp³-hybridized carbons (Fsp3) is 0.533. The summed E-state index contributed by atoms with van der Waals surface area (Å²) < 4.78 is 5.72. The molecule has 1 aliphatic heterocycles. The van der Waals surface area contributed by atoms with Gasteiger partial charge in [-0.1, -0.05) is 19.1 Å². The maximum absolute atomic E-state index is 11.2. The van der Waals surface area contributed by atoms with Gasteiger partial charge in [-0.25, -0.2) is 4.79 Å². The van der Waals surface area contributed by atoms with E-state index in [1.54, 1.807) is 12.1 Å². The number of morpholine rings is 1. The third-order valence-electron chi connectivity index (χ3n) is 3.68. The van der Waals surface area contributed by atoms with E-state index in [9.17, 15) is 9.90 Å². The van der Waals surface area contributed by atoms with Gasteiger partial charge in [0, 0.05) is 19.6 Å². The summed E-state index contributed by atoms with van der Waals surface area (Å²) in [5, 5.41) is 12.5. The number of anilines is 1. The zero-order chi connectivity index (χ0) is 14.5. The van der Waals surface area contributed by atoms with Crippen LogP contribution in [0.2, 0.25) is 0 Å². The monoisotopic (exact) mass is 278 g/mol. The van der Waals surface area contributed by atoms with Gasteiger partial charge in [0.25, 0.3) is 0 Å². The lowest BCUT2D eigenvalue weighted by Crippen LogP contribution is -2.45. The number of carboxylic acids is 1. The highest BCUT2D eigenvalue weighted by molar-refractivity contribution is 5.95. The smallest absolute Gasteiger partial charge is 0.337 e. The van der Waals surface area contributed by atoms with E-state index in [-0.39, 0.29) is 6.10 Å². The average molecular weight is 278 g/mol. The molecule has 1 heterocycles. The maximum atomic E-state index is 11.2. The lowest BCUT2D eigenvalue weighted by atomic mass is 10.1. The standard InChI is InChI=1S/C15H22N2O3/c1-3-17-7-8-20-12(10-17)9-16-14-11(2)5-4-6-13(14)15(18)19/h4-6,12,16H,3,7-10H2,1-2H3,(H,18,19). The molecule has 110 valence electrons. The number of hydrogen-bond donors (Lipinski definition) is 2. The van der Waals surface area contributed by atoms with Gasteiger partial charge >= 0.3 is 5.97 Å². The predicted octanol–water partition coefficient (Wildman–Crippen LogP) is 1.83. The van der Waals surface area contributed by atoms with E-state index in [4.69, 9.17) is 4.74 Å². The minimum Gasteiger partial charge on any atom is -0.478 e. The van der Waals surface area contributed by atoms with Crippen LogP contribution in [0.1, 0.15) is 22.8 Å². The van der Waals surface area contributed by atoms with E-state index in [0.29, 0.717) is 17.8 Å². The highest BCUT2D eigenvalue weighted by Crippen LogP contribution is 2.21. The second-order valence-corrected chi connectivity index (χ2v) is 5.07. The van der Waals surface area contributed by atoms with Crippen LogP contribution in [0.4, 0.5) is 5.69 Å². The van der Waals surface area contributed by atoms with Gasteiger partial charge < -0.3 is 15.2 Å². The molecule has 1 unspecified atom stereocenters. The molecule has 0 aliphatic carbocycles. The molecule has 0 aromatic heterocycles. The number of ether oxygens (including phenoxy) is 1. The number of likely N-dealkylation sites (N-methyl/N-ethyl adjacent to an activating group) is 1. The largest absolute Gasteiger partial charge is 0.478 e. The third kappa shape index (κ3) is 3.49. The van der Waals surface area contributed by atoms with E-state index >= 15 is 0 Å². The topological polar surface area (TPSA) is 61.8 Å². The fourth-order valence-electron chi connectivity index (χ4n) is 2.49. The van der Waals surface area contributed by atoms with Gasteiger partial charge in [-0.05, 0) is 25.1 Å². The van der Waals surface area contributed by atoms with Gasteiger partial charge in [-0.2, -0.15) is 0 Å². The SMILES string of the molecule is CCN1CCOC(CNc2c(C)cccc2C(=O)O)C1. The molecule has 2 N–H and O–H groups in total. The molecule has 0 saturated carbocycles. The Morgan fingerprint density at radius 2 is 2.35 bits per heavy atom. The zero-order valence-electron chi connectivity index (χ0n) is 12.1. The molecule has 1 aromatic carbocycles. The van der Waals surface area contributed by atoms with Crippen molar-refractivity contribution >= 4 is 11.7 Å². The molecule has 2 rings (SSSR count). The molecule has 5 heteroatoms. The number of aryl methyl sites for hydroxylation is 1. The molecular formula is C15H22N2O3. The molecule has 0 radical (unpaired) electrons.